The highest BCUT2D eigenvalue weighted by Gasteiger charge is 2.25. The van der Waals surface area contributed by atoms with E-state index in [1.165, 1.54) is 13.2 Å². The Morgan fingerprint density at radius 3 is 2.47 bits per heavy atom. The van der Waals surface area contributed by atoms with Crippen LogP contribution in [0.25, 0.3) is 0 Å². The molecule has 1 aliphatic rings. The average Bonchev–Trinajstić information content (AvgIpc) is 2.74. The fourth-order valence-corrected chi connectivity index (χ4v) is 6.64. The third-order valence-electron chi connectivity index (χ3n) is 3.01. The van der Waals surface area contributed by atoms with Crippen LogP contribution < -0.4 is 4.74 Å². The van der Waals surface area contributed by atoms with Crippen LogP contribution in [0.3, 0.4) is 0 Å². The van der Waals surface area contributed by atoms with Crippen molar-refractivity contribution in [2.45, 2.75) is 24.7 Å². The molecular weight excluding hydrogens is 286 g/mol. The highest BCUT2D eigenvalue weighted by molar-refractivity contribution is 8.03. The minimum atomic E-state index is -3.94. The molecule has 2 rings (SSSR count). The predicted octanol–water partition coefficient (Wildman–Crippen LogP) is 1.95. The number of aryl methyl sites for hydroxylation is 1. The lowest BCUT2D eigenvalue weighted by molar-refractivity contribution is 0.402. The summed E-state index contributed by atoms with van der Waals surface area (Å²) in [5, 5.41) is 0. The second kappa shape index (κ2) is 5.13. The number of rotatable bonds is 3. The van der Waals surface area contributed by atoms with Gasteiger partial charge in [0.1, 0.15) is 10.6 Å². The molecule has 106 valence electrons. The summed E-state index contributed by atoms with van der Waals surface area (Å²) in [5.41, 5.74) is 0.788. The van der Waals surface area contributed by atoms with Crippen LogP contribution >= 0.6 is 0 Å². The Kier molecular flexibility index (Phi) is 3.87. The molecule has 19 heavy (non-hydrogen) atoms. The average molecular weight is 303 g/mol. The van der Waals surface area contributed by atoms with Crippen molar-refractivity contribution in [2.75, 3.05) is 18.6 Å². The van der Waals surface area contributed by atoms with Crippen LogP contribution in [-0.2, 0) is 19.8 Å². The first-order valence-corrected chi connectivity index (χ1v) is 9.29. The normalized spacial score (nSPS) is 18.2. The molecule has 0 radical (unpaired) electrons. The van der Waals surface area contributed by atoms with E-state index >= 15 is 0 Å². The fraction of sp³-hybridized carbons (Fsp3) is 0.500. The van der Waals surface area contributed by atoms with Gasteiger partial charge in [-0.3, -0.25) is 0 Å². The molecule has 1 saturated heterocycles. The minimum absolute atomic E-state index is 0.00961. The molecule has 0 unspecified atom stereocenters. The van der Waals surface area contributed by atoms with Gasteiger partial charge in [0.2, 0.25) is 0 Å². The maximum atomic E-state index is 12.3. The van der Waals surface area contributed by atoms with E-state index in [1.807, 2.05) is 0 Å². The first-order valence-electron chi connectivity index (χ1n) is 6.00. The third kappa shape index (κ3) is 3.09. The van der Waals surface area contributed by atoms with Gasteiger partial charge in [-0.1, -0.05) is 6.07 Å². The van der Waals surface area contributed by atoms with Gasteiger partial charge in [-0.15, -0.1) is 3.77 Å². The van der Waals surface area contributed by atoms with Crippen molar-refractivity contribution in [2.24, 2.45) is 3.77 Å². The quantitative estimate of drug-likeness (QED) is 0.855. The van der Waals surface area contributed by atoms with Gasteiger partial charge in [0.05, 0.1) is 16.8 Å². The molecule has 0 bridgehead atoms. The van der Waals surface area contributed by atoms with Gasteiger partial charge in [0, 0.05) is 11.5 Å². The van der Waals surface area contributed by atoms with Crippen LogP contribution in [-0.4, -0.2) is 31.2 Å². The Hall–Kier alpha value is -1.08. The van der Waals surface area contributed by atoms with E-state index in [2.05, 4.69) is 3.77 Å². The molecule has 0 N–H and O–H groups in total. The third-order valence-corrected chi connectivity index (χ3v) is 7.61. The molecule has 0 aliphatic carbocycles. The van der Waals surface area contributed by atoms with E-state index in [9.17, 15) is 12.6 Å². The molecule has 1 heterocycles. The predicted molar refractivity (Wildman–Crippen MR) is 74.5 cm³/mol. The molecule has 0 amide bonds. The van der Waals surface area contributed by atoms with E-state index in [4.69, 9.17) is 4.74 Å². The Balaban J connectivity index is 2.57. The maximum absolute atomic E-state index is 12.3. The lowest BCUT2D eigenvalue weighted by Crippen LogP contribution is -2.08. The van der Waals surface area contributed by atoms with Gasteiger partial charge in [-0.25, -0.2) is 4.21 Å². The van der Waals surface area contributed by atoms with Crippen molar-refractivity contribution in [3.8, 4) is 5.75 Å². The number of ether oxygens (including phenoxy) is 1. The fourth-order valence-electron chi connectivity index (χ4n) is 2.04. The van der Waals surface area contributed by atoms with Gasteiger partial charge in [0.25, 0.3) is 10.0 Å². The minimum Gasteiger partial charge on any atom is -0.495 e. The van der Waals surface area contributed by atoms with Crippen molar-refractivity contribution in [1.29, 1.82) is 0 Å². The van der Waals surface area contributed by atoms with Crippen LogP contribution in [0.4, 0.5) is 0 Å². The molecular formula is C12H17NO4S2. The van der Waals surface area contributed by atoms with Gasteiger partial charge in [-0.05, 0) is 37.5 Å². The molecule has 1 fully saturated rings. The molecule has 0 spiro atoms. The highest BCUT2D eigenvalue weighted by Crippen LogP contribution is 2.28. The summed E-state index contributed by atoms with van der Waals surface area (Å²) in [6.45, 7) is 1.79. The summed E-state index contributed by atoms with van der Waals surface area (Å²) in [7, 11) is -5.16. The van der Waals surface area contributed by atoms with Gasteiger partial charge < -0.3 is 4.74 Å². The topological polar surface area (TPSA) is 72.8 Å². The number of hydrogen-bond acceptors (Lipinski definition) is 4. The Morgan fingerprint density at radius 2 is 1.89 bits per heavy atom. The molecule has 1 aromatic carbocycles. The molecule has 7 heteroatoms. The van der Waals surface area contributed by atoms with Crippen LogP contribution in [0.1, 0.15) is 18.4 Å². The first kappa shape index (κ1) is 14.3. The van der Waals surface area contributed by atoms with Gasteiger partial charge in [-0.2, -0.15) is 8.42 Å². The molecule has 1 aromatic rings. The smallest absolute Gasteiger partial charge is 0.293 e. The number of nitrogens with zero attached hydrogens (tertiary/aromatic N) is 1. The van der Waals surface area contributed by atoms with E-state index in [0.717, 1.165) is 18.4 Å². The molecule has 5 nitrogen and oxygen atoms in total. The highest BCUT2D eigenvalue weighted by atomic mass is 32.3. The van der Waals surface area contributed by atoms with Gasteiger partial charge in [0.15, 0.2) is 0 Å². The SMILES string of the molecule is COc1ccc(C)cc1S(=O)(=O)N=S1(=O)CCCC1. The second-order valence-electron chi connectivity index (χ2n) is 4.59. The van der Waals surface area contributed by atoms with Gasteiger partial charge >= 0.3 is 0 Å². The summed E-state index contributed by atoms with van der Waals surface area (Å²) < 4.78 is 45.6. The lowest BCUT2D eigenvalue weighted by atomic mass is 10.2. The number of benzene rings is 1. The van der Waals surface area contributed by atoms with Crippen LogP contribution in [0.2, 0.25) is 0 Å². The largest absolute Gasteiger partial charge is 0.495 e. The molecule has 0 atom stereocenters. The van der Waals surface area contributed by atoms with Crippen molar-refractivity contribution in [3.05, 3.63) is 23.8 Å². The first-order chi connectivity index (χ1) is 8.86. The summed E-state index contributed by atoms with van der Waals surface area (Å²) in [6, 6.07) is 4.84. The summed E-state index contributed by atoms with van der Waals surface area (Å²) >= 11 is 0. The van der Waals surface area contributed by atoms with E-state index in [1.54, 1.807) is 19.1 Å². The van der Waals surface area contributed by atoms with E-state index in [-0.39, 0.29) is 10.6 Å². The summed E-state index contributed by atoms with van der Waals surface area (Å²) in [5.74, 6) is 0.955. The van der Waals surface area contributed by atoms with Crippen molar-refractivity contribution in [1.82, 2.24) is 0 Å². The zero-order valence-corrected chi connectivity index (χ0v) is 12.6. The Morgan fingerprint density at radius 1 is 1.26 bits per heavy atom. The maximum Gasteiger partial charge on any atom is 0.293 e. The van der Waals surface area contributed by atoms with Crippen molar-refractivity contribution >= 4 is 19.8 Å². The molecule has 0 saturated carbocycles. The van der Waals surface area contributed by atoms with E-state index in [0.29, 0.717) is 11.5 Å². The van der Waals surface area contributed by atoms with Crippen LogP contribution in [0, 0.1) is 6.92 Å². The monoisotopic (exact) mass is 303 g/mol. The lowest BCUT2D eigenvalue weighted by Gasteiger charge is -2.08. The van der Waals surface area contributed by atoms with E-state index < -0.39 is 19.8 Å². The second-order valence-corrected chi connectivity index (χ2v) is 8.94. The Labute approximate surface area is 114 Å². The van der Waals surface area contributed by atoms with Crippen LogP contribution in [0.15, 0.2) is 26.9 Å². The molecule has 0 aromatic heterocycles. The number of hydrogen-bond donors (Lipinski definition) is 0. The summed E-state index contributed by atoms with van der Waals surface area (Å²) in [4.78, 5) is -0.00961. The van der Waals surface area contributed by atoms with Crippen molar-refractivity contribution in [3.63, 3.8) is 0 Å². The molecule has 1 aliphatic heterocycles. The Bertz CT molecular complexity index is 688. The van der Waals surface area contributed by atoms with Crippen LogP contribution in [0.5, 0.6) is 5.75 Å². The summed E-state index contributed by atoms with van der Waals surface area (Å²) in [6.07, 6.45) is 1.53. The number of methoxy groups -OCH3 is 1. The zero-order chi connectivity index (χ0) is 14.1. The number of sulfonamides is 1. The standard InChI is InChI=1S/C12H17NO4S2/c1-10-5-6-11(17-2)12(9-10)19(15,16)13-18(14)7-3-4-8-18/h5-6,9H,3-4,7-8H2,1-2H3. The zero-order valence-electron chi connectivity index (χ0n) is 11.0. The van der Waals surface area contributed by atoms with Crippen molar-refractivity contribution < 1.29 is 17.4 Å².